The van der Waals surface area contributed by atoms with Gasteiger partial charge in [0.2, 0.25) is 0 Å². The molecule has 0 saturated heterocycles. The Balaban J connectivity index is 1.64. The van der Waals surface area contributed by atoms with Gasteiger partial charge in [0, 0.05) is 0 Å². The van der Waals surface area contributed by atoms with Crippen molar-refractivity contribution < 1.29 is 4.43 Å². The minimum atomic E-state index is -1.35. The van der Waals surface area contributed by atoms with E-state index in [2.05, 4.69) is 31.8 Å². The molecule has 0 unspecified atom stereocenters. The second kappa shape index (κ2) is 2.67. The van der Waals surface area contributed by atoms with Gasteiger partial charge in [-0.25, -0.2) is 0 Å². The molecule has 4 aliphatic carbocycles. The molecule has 0 aromatic rings. The van der Waals surface area contributed by atoms with Crippen molar-refractivity contribution in [2.45, 2.75) is 44.5 Å². The highest BCUT2D eigenvalue weighted by molar-refractivity contribution is 6.69. The average molecular weight is 234 g/mol. The van der Waals surface area contributed by atoms with Crippen molar-refractivity contribution in [2.24, 2.45) is 29.6 Å². The Morgan fingerprint density at radius 1 is 1.19 bits per heavy atom. The maximum absolute atomic E-state index is 6.61. The maximum Gasteiger partial charge on any atom is 0.184 e. The Bertz CT molecular complexity index is 369. The minimum Gasteiger partial charge on any atom is -0.412 e. The van der Waals surface area contributed by atoms with Crippen LogP contribution in [0.2, 0.25) is 19.6 Å². The highest BCUT2D eigenvalue weighted by atomic mass is 28.4. The molecule has 0 spiro atoms. The van der Waals surface area contributed by atoms with Gasteiger partial charge in [-0.05, 0) is 68.5 Å². The molecular formula is C14H22OSi. The van der Waals surface area contributed by atoms with Crippen molar-refractivity contribution in [3.63, 3.8) is 0 Å². The van der Waals surface area contributed by atoms with E-state index in [-0.39, 0.29) is 0 Å². The summed E-state index contributed by atoms with van der Waals surface area (Å²) in [6.07, 6.45) is 9.17. The Morgan fingerprint density at radius 3 is 2.75 bits per heavy atom. The lowest BCUT2D eigenvalue weighted by atomic mass is 9.80. The highest BCUT2D eigenvalue weighted by Gasteiger charge is 2.75. The molecule has 88 valence electrons. The van der Waals surface area contributed by atoms with E-state index in [4.69, 9.17) is 4.43 Å². The van der Waals surface area contributed by atoms with E-state index >= 15 is 0 Å². The Hall–Kier alpha value is -0.0831. The molecule has 0 N–H and O–H groups in total. The zero-order chi connectivity index (χ0) is 11.1. The fraction of sp³-hybridized carbons (Fsp3) is 0.857. The van der Waals surface area contributed by atoms with E-state index in [0.29, 0.717) is 5.60 Å². The van der Waals surface area contributed by atoms with Crippen LogP contribution in [-0.4, -0.2) is 13.9 Å². The first-order chi connectivity index (χ1) is 7.51. The van der Waals surface area contributed by atoms with Crippen LogP contribution in [0.1, 0.15) is 19.3 Å². The lowest BCUT2D eigenvalue weighted by molar-refractivity contribution is 0.0591. The SMILES string of the molecule is C[Si](C)(C)O[C@]12C[C@H]1[C@H]1C[C@@H]2[C@H]2CC=C[C@H]21. The van der Waals surface area contributed by atoms with Gasteiger partial charge >= 0.3 is 0 Å². The van der Waals surface area contributed by atoms with E-state index in [1.54, 1.807) is 0 Å². The molecule has 2 bridgehead atoms. The maximum atomic E-state index is 6.61. The third-order valence-electron chi connectivity index (χ3n) is 5.45. The number of fused-ring (bicyclic) bond motifs is 8. The van der Waals surface area contributed by atoms with Gasteiger partial charge in [-0.3, -0.25) is 0 Å². The summed E-state index contributed by atoms with van der Waals surface area (Å²) in [6.45, 7) is 7.06. The van der Waals surface area contributed by atoms with Gasteiger partial charge in [-0.1, -0.05) is 12.2 Å². The van der Waals surface area contributed by atoms with Gasteiger partial charge in [0.1, 0.15) is 0 Å². The second-order valence-electron chi connectivity index (χ2n) is 7.39. The smallest absolute Gasteiger partial charge is 0.184 e. The fourth-order valence-electron chi connectivity index (χ4n) is 5.19. The summed E-state index contributed by atoms with van der Waals surface area (Å²) >= 11 is 0. The van der Waals surface area contributed by atoms with Crippen molar-refractivity contribution >= 4 is 8.32 Å². The highest BCUT2D eigenvalue weighted by Crippen LogP contribution is 2.75. The number of hydrogen-bond acceptors (Lipinski definition) is 1. The summed E-state index contributed by atoms with van der Waals surface area (Å²) in [5, 5.41) is 0. The Labute approximate surface area is 99.4 Å². The fourth-order valence-corrected chi connectivity index (χ4v) is 6.72. The molecule has 0 aromatic heterocycles. The predicted molar refractivity (Wildman–Crippen MR) is 67.6 cm³/mol. The minimum absolute atomic E-state index is 0.377. The molecule has 0 amide bonds. The molecule has 2 heteroatoms. The second-order valence-corrected chi connectivity index (χ2v) is 11.8. The quantitative estimate of drug-likeness (QED) is 0.525. The van der Waals surface area contributed by atoms with E-state index < -0.39 is 8.32 Å². The Kier molecular flexibility index (Phi) is 1.65. The van der Waals surface area contributed by atoms with Crippen LogP contribution >= 0.6 is 0 Å². The lowest BCUT2D eigenvalue weighted by Crippen LogP contribution is -2.41. The number of allylic oxidation sites excluding steroid dienone is 2. The third-order valence-corrected chi connectivity index (χ3v) is 6.44. The summed E-state index contributed by atoms with van der Waals surface area (Å²) < 4.78 is 6.61. The molecule has 3 saturated carbocycles. The van der Waals surface area contributed by atoms with Crippen molar-refractivity contribution in [3.05, 3.63) is 12.2 Å². The summed E-state index contributed by atoms with van der Waals surface area (Å²) in [5.74, 6) is 4.74. The average Bonchev–Trinajstić information content (AvgIpc) is 2.57. The molecule has 16 heavy (non-hydrogen) atoms. The monoisotopic (exact) mass is 234 g/mol. The van der Waals surface area contributed by atoms with Crippen LogP contribution in [0.3, 0.4) is 0 Å². The van der Waals surface area contributed by atoms with E-state index in [1.165, 1.54) is 19.3 Å². The first-order valence-electron chi connectivity index (χ1n) is 6.88. The van der Waals surface area contributed by atoms with Gasteiger partial charge in [0.15, 0.2) is 8.32 Å². The van der Waals surface area contributed by atoms with Crippen molar-refractivity contribution in [1.29, 1.82) is 0 Å². The molecule has 4 aliphatic rings. The lowest BCUT2D eigenvalue weighted by Gasteiger charge is -2.36. The topological polar surface area (TPSA) is 9.23 Å². The van der Waals surface area contributed by atoms with Crippen LogP contribution in [0, 0.1) is 29.6 Å². The molecular weight excluding hydrogens is 212 g/mol. The third kappa shape index (κ3) is 1.05. The summed E-state index contributed by atoms with van der Waals surface area (Å²) in [6, 6.07) is 0. The number of rotatable bonds is 2. The zero-order valence-corrected chi connectivity index (χ0v) is 11.6. The van der Waals surface area contributed by atoms with E-state index in [0.717, 1.165) is 29.6 Å². The van der Waals surface area contributed by atoms with Gasteiger partial charge in [-0.15, -0.1) is 0 Å². The van der Waals surface area contributed by atoms with Gasteiger partial charge in [0.25, 0.3) is 0 Å². The van der Waals surface area contributed by atoms with Crippen molar-refractivity contribution in [2.75, 3.05) is 0 Å². The summed E-state index contributed by atoms with van der Waals surface area (Å²) in [7, 11) is -1.35. The zero-order valence-electron chi connectivity index (χ0n) is 10.6. The molecule has 0 aromatic carbocycles. The van der Waals surface area contributed by atoms with Crippen molar-refractivity contribution in [1.82, 2.24) is 0 Å². The predicted octanol–water partition coefficient (Wildman–Crippen LogP) is 3.44. The van der Waals surface area contributed by atoms with E-state index in [9.17, 15) is 0 Å². The number of hydrogen-bond donors (Lipinski definition) is 0. The molecule has 0 radical (unpaired) electrons. The summed E-state index contributed by atoms with van der Waals surface area (Å²) in [5.41, 5.74) is 0.377. The molecule has 6 atom stereocenters. The first-order valence-corrected chi connectivity index (χ1v) is 10.3. The molecule has 4 rings (SSSR count). The molecule has 0 aliphatic heterocycles. The first kappa shape index (κ1) is 9.90. The molecule has 1 nitrogen and oxygen atoms in total. The van der Waals surface area contributed by atoms with Crippen LogP contribution < -0.4 is 0 Å². The van der Waals surface area contributed by atoms with Crippen LogP contribution in [0.5, 0.6) is 0 Å². The van der Waals surface area contributed by atoms with Gasteiger partial charge in [-0.2, -0.15) is 0 Å². The van der Waals surface area contributed by atoms with Crippen LogP contribution in [0.15, 0.2) is 12.2 Å². The largest absolute Gasteiger partial charge is 0.412 e. The summed E-state index contributed by atoms with van der Waals surface area (Å²) in [4.78, 5) is 0. The molecule has 3 fully saturated rings. The van der Waals surface area contributed by atoms with Crippen LogP contribution in [0.4, 0.5) is 0 Å². The van der Waals surface area contributed by atoms with Crippen LogP contribution in [0.25, 0.3) is 0 Å². The van der Waals surface area contributed by atoms with E-state index in [1.807, 2.05) is 0 Å². The normalized spacial score (nSPS) is 56.6. The van der Waals surface area contributed by atoms with Gasteiger partial charge in [0.05, 0.1) is 5.60 Å². The Morgan fingerprint density at radius 2 is 2.00 bits per heavy atom. The van der Waals surface area contributed by atoms with Gasteiger partial charge < -0.3 is 4.43 Å². The molecule has 0 heterocycles. The van der Waals surface area contributed by atoms with Crippen LogP contribution in [-0.2, 0) is 4.43 Å². The van der Waals surface area contributed by atoms with Crippen molar-refractivity contribution in [3.8, 4) is 0 Å². The standard InChI is InChI=1S/C14H22OSi/c1-16(2,3)15-14-8-13(14)11-7-12(14)10-6-4-5-9(10)11/h4-5,9-13H,6-8H2,1-3H3/t9-,10+,11+,12-,13+,14+/m1/s1.